The largest absolute Gasteiger partial charge is 0.313 e. The quantitative estimate of drug-likeness (QED) is 0.414. The van der Waals surface area contributed by atoms with Crippen molar-refractivity contribution in [1.82, 2.24) is 4.57 Å². The molecule has 0 bridgehead atoms. The van der Waals surface area contributed by atoms with E-state index in [1.165, 1.54) is 0 Å². The first kappa shape index (κ1) is 17.8. The van der Waals surface area contributed by atoms with Gasteiger partial charge in [0.15, 0.2) is 5.78 Å². The van der Waals surface area contributed by atoms with Crippen molar-refractivity contribution < 1.29 is 4.79 Å². The highest BCUT2D eigenvalue weighted by Gasteiger charge is 2.28. The number of benzene rings is 2. The molecule has 0 aliphatic heterocycles. The number of hydrogen-bond acceptors (Lipinski definition) is 1. The molecule has 1 aromatic heterocycles. The summed E-state index contributed by atoms with van der Waals surface area (Å²) in [5.74, 6) is 0.514. The van der Waals surface area contributed by atoms with Gasteiger partial charge in [-0.3, -0.25) is 4.79 Å². The second-order valence-electron chi connectivity index (χ2n) is 6.80. The Bertz CT molecular complexity index is 987. The van der Waals surface area contributed by atoms with E-state index in [0.717, 1.165) is 39.1 Å². The highest BCUT2D eigenvalue weighted by Crippen LogP contribution is 2.37. The molecule has 5 heteroatoms. The minimum atomic E-state index is 0.198. The standard InChI is InChI=1S/C21H16BrCl2NO/c1-12-6-20-18(21(26)7-12)11-19(13-2-4-14(22)5-3-13)25(20)17-9-15(23)8-16(24)10-17/h2-5,8-12H,6-7H2,1H3. The molecule has 132 valence electrons. The zero-order chi connectivity index (χ0) is 18.4. The van der Waals surface area contributed by atoms with Crippen LogP contribution >= 0.6 is 39.1 Å². The van der Waals surface area contributed by atoms with Gasteiger partial charge in [0.05, 0.1) is 5.69 Å². The number of carbonyl (C=O) groups excluding carboxylic acids is 1. The summed E-state index contributed by atoms with van der Waals surface area (Å²) in [7, 11) is 0. The minimum Gasteiger partial charge on any atom is -0.313 e. The average Bonchev–Trinajstić information content (AvgIpc) is 2.94. The van der Waals surface area contributed by atoms with Crippen molar-refractivity contribution in [1.29, 1.82) is 0 Å². The Morgan fingerprint density at radius 1 is 1.00 bits per heavy atom. The topological polar surface area (TPSA) is 22.0 Å². The van der Waals surface area contributed by atoms with E-state index in [2.05, 4.69) is 27.4 Å². The fourth-order valence-corrected chi connectivity index (χ4v) is 4.40. The summed E-state index contributed by atoms with van der Waals surface area (Å²) >= 11 is 16.0. The van der Waals surface area contributed by atoms with E-state index in [9.17, 15) is 4.79 Å². The molecule has 2 nitrogen and oxygen atoms in total. The Kier molecular flexibility index (Phi) is 4.72. The molecule has 1 unspecified atom stereocenters. The van der Waals surface area contributed by atoms with Crippen LogP contribution in [0.25, 0.3) is 16.9 Å². The van der Waals surface area contributed by atoms with Crippen LogP contribution in [0.3, 0.4) is 0 Å². The molecule has 1 heterocycles. The van der Waals surface area contributed by atoms with Crippen LogP contribution in [0.15, 0.2) is 53.0 Å². The number of rotatable bonds is 2. The molecule has 0 amide bonds. The van der Waals surface area contributed by atoms with Crippen LogP contribution in [0.4, 0.5) is 0 Å². The molecule has 0 saturated heterocycles. The Hall–Kier alpha value is -1.55. The Balaban J connectivity index is 2.01. The first-order valence-corrected chi connectivity index (χ1v) is 9.97. The molecule has 26 heavy (non-hydrogen) atoms. The van der Waals surface area contributed by atoms with E-state index in [0.29, 0.717) is 22.4 Å². The summed E-state index contributed by atoms with van der Waals surface area (Å²) in [5.41, 5.74) is 4.73. The number of nitrogens with zero attached hydrogens (tertiary/aromatic N) is 1. The van der Waals surface area contributed by atoms with E-state index >= 15 is 0 Å². The van der Waals surface area contributed by atoms with Crippen LogP contribution in [-0.2, 0) is 6.42 Å². The van der Waals surface area contributed by atoms with Gasteiger partial charge in [-0.25, -0.2) is 0 Å². The van der Waals surface area contributed by atoms with E-state index in [4.69, 9.17) is 23.2 Å². The molecule has 4 rings (SSSR count). The number of carbonyl (C=O) groups is 1. The highest BCUT2D eigenvalue weighted by molar-refractivity contribution is 9.10. The maximum absolute atomic E-state index is 12.6. The third kappa shape index (κ3) is 3.24. The number of halogens is 3. The fraction of sp³-hybridized carbons (Fsp3) is 0.190. The van der Waals surface area contributed by atoms with Gasteiger partial charge in [0, 0.05) is 37.9 Å². The van der Waals surface area contributed by atoms with Gasteiger partial charge in [-0.2, -0.15) is 0 Å². The summed E-state index contributed by atoms with van der Waals surface area (Å²) in [4.78, 5) is 12.6. The molecule has 0 saturated carbocycles. The molecule has 1 atom stereocenters. The summed E-state index contributed by atoms with van der Waals surface area (Å²) < 4.78 is 3.14. The van der Waals surface area contributed by atoms with Crippen LogP contribution in [0, 0.1) is 5.92 Å². The number of ketones is 1. The van der Waals surface area contributed by atoms with E-state index in [1.54, 1.807) is 6.07 Å². The molecule has 3 aromatic rings. The van der Waals surface area contributed by atoms with Crippen LogP contribution in [-0.4, -0.2) is 10.4 Å². The van der Waals surface area contributed by atoms with Crippen molar-refractivity contribution in [3.63, 3.8) is 0 Å². The lowest BCUT2D eigenvalue weighted by Crippen LogP contribution is -2.19. The molecule has 1 aliphatic rings. The predicted octanol–water partition coefficient (Wildman–Crippen LogP) is 6.98. The number of Topliss-reactive ketones (excluding diaryl/α,β-unsaturated/α-hetero) is 1. The maximum Gasteiger partial charge on any atom is 0.164 e. The zero-order valence-corrected chi connectivity index (χ0v) is 17.2. The molecular formula is C21H16BrCl2NO. The molecule has 0 spiro atoms. The SMILES string of the molecule is CC1CC(=O)c2cc(-c3ccc(Br)cc3)n(-c3cc(Cl)cc(Cl)c3)c2C1. The van der Waals surface area contributed by atoms with E-state index < -0.39 is 0 Å². The lowest BCUT2D eigenvalue weighted by Gasteiger charge is -2.21. The summed E-state index contributed by atoms with van der Waals surface area (Å²) in [5, 5.41) is 1.15. The Morgan fingerprint density at radius 2 is 1.65 bits per heavy atom. The Labute approximate surface area is 170 Å². The monoisotopic (exact) mass is 447 g/mol. The van der Waals surface area contributed by atoms with E-state index in [-0.39, 0.29) is 5.78 Å². The van der Waals surface area contributed by atoms with Crippen molar-refractivity contribution in [2.75, 3.05) is 0 Å². The van der Waals surface area contributed by atoms with Gasteiger partial charge in [-0.05, 0) is 54.3 Å². The smallest absolute Gasteiger partial charge is 0.164 e. The van der Waals surface area contributed by atoms with Crippen molar-refractivity contribution in [3.8, 4) is 16.9 Å². The van der Waals surface area contributed by atoms with Gasteiger partial charge < -0.3 is 4.57 Å². The average molecular weight is 449 g/mol. The summed E-state index contributed by atoms with van der Waals surface area (Å²) in [6.07, 6.45) is 1.44. The van der Waals surface area contributed by atoms with Crippen LogP contribution < -0.4 is 0 Å². The first-order chi connectivity index (χ1) is 12.4. The van der Waals surface area contributed by atoms with Crippen molar-refractivity contribution in [2.45, 2.75) is 19.8 Å². The summed E-state index contributed by atoms with van der Waals surface area (Å²) in [6, 6.07) is 15.6. The third-order valence-electron chi connectivity index (χ3n) is 4.72. The summed E-state index contributed by atoms with van der Waals surface area (Å²) in [6.45, 7) is 2.11. The fourth-order valence-electron chi connectivity index (χ4n) is 3.62. The molecule has 0 fully saturated rings. The molecule has 0 N–H and O–H groups in total. The van der Waals surface area contributed by atoms with Crippen LogP contribution in [0.1, 0.15) is 29.4 Å². The molecule has 1 aliphatic carbocycles. The van der Waals surface area contributed by atoms with Crippen molar-refractivity contribution in [2.24, 2.45) is 5.92 Å². The lowest BCUT2D eigenvalue weighted by atomic mass is 9.88. The van der Waals surface area contributed by atoms with Crippen molar-refractivity contribution >= 4 is 44.9 Å². The predicted molar refractivity (Wildman–Crippen MR) is 111 cm³/mol. The first-order valence-electron chi connectivity index (χ1n) is 8.42. The maximum atomic E-state index is 12.6. The Morgan fingerprint density at radius 3 is 2.31 bits per heavy atom. The number of aromatic nitrogens is 1. The van der Waals surface area contributed by atoms with E-state index in [1.807, 2.05) is 42.5 Å². The second-order valence-corrected chi connectivity index (χ2v) is 8.59. The second kappa shape index (κ2) is 6.88. The molecule has 2 aromatic carbocycles. The van der Waals surface area contributed by atoms with Crippen LogP contribution in [0.5, 0.6) is 0 Å². The van der Waals surface area contributed by atoms with Gasteiger partial charge in [0.25, 0.3) is 0 Å². The lowest BCUT2D eigenvalue weighted by molar-refractivity contribution is 0.0952. The molecule has 0 radical (unpaired) electrons. The highest BCUT2D eigenvalue weighted by atomic mass is 79.9. The van der Waals surface area contributed by atoms with Gasteiger partial charge in [0.2, 0.25) is 0 Å². The van der Waals surface area contributed by atoms with Gasteiger partial charge in [-0.15, -0.1) is 0 Å². The number of fused-ring (bicyclic) bond motifs is 1. The minimum absolute atomic E-state index is 0.198. The third-order valence-corrected chi connectivity index (χ3v) is 5.69. The van der Waals surface area contributed by atoms with Gasteiger partial charge in [-0.1, -0.05) is 58.2 Å². The van der Waals surface area contributed by atoms with Crippen LogP contribution in [0.2, 0.25) is 10.0 Å². The van der Waals surface area contributed by atoms with Crippen molar-refractivity contribution in [3.05, 3.63) is 74.3 Å². The van der Waals surface area contributed by atoms with Gasteiger partial charge >= 0.3 is 0 Å². The van der Waals surface area contributed by atoms with Gasteiger partial charge in [0.1, 0.15) is 0 Å². The zero-order valence-electron chi connectivity index (χ0n) is 14.1. The number of hydrogen-bond donors (Lipinski definition) is 0. The normalized spacial score (nSPS) is 16.6. The molecular weight excluding hydrogens is 433 g/mol.